The third kappa shape index (κ3) is 7.96. The van der Waals surface area contributed by atoms with Gasteiger partial charge < -0.3 is 14.8 Å². The number of esters is 1. The van der Waals surface area contributed by atoms with Crippen molar-refractivity contribution in [1.29, 1.82) is 0 Å². The molecular formula is C22H30N2O5S2. The number of benzene rings is 1. The number of carbonyl (C=O) groups is 3. The zero-order valence-electron chi connectivity index (χ0n) is 17.8. The Kier molecular flexibility index (Phi) is 9.39. The molecule has 31 heavy (non-hydrogen) atoms. The fourth-order valence-electron chi connectivity index (χ4n) is 3.63. The van der Waals surface area contributed by atoms with Crippen LogP contribution in [0.4, 0.5) is 4.79 Å². The quantitative estimate of drug-likeness (QED) is 0.589. The van der Waals surface area contributed by atoms with E-state index in [1.54, 1.807) is 0 Å². The topological polar surface area (TPSA) is 93.7 Å². The van der Waals surface area contributed by atoms with E-state index in [0.717, 1.165) is 19.3 Å². The lowest BCUT2D eigenvalue weighted by Crippen LogP contribution is -2.48. The molecule has 1 heterocycles. The van der Waals surface area contributed by atoms with Crippen LogP contribution in [0.5, 0.6) is 5.75 Å². The Bertz CT molecular complexity index is 753. The Morgan fingerprint density at radius 2 is 1.71 bits per heavy atom. The summed E-state index contributed by atoms with van der Waals surface area (Å²) < 4.78 is 10.8. The van der Waals surface area contributed by atoms with Gasteiger partial charge in [-0.25, -0.2) is 9.59 Å². The van der Waals surface area contributed by atoms with Crippen molar-refractivity contribution in [2.24, 2.45) is 5.92 Å². The van der Waals surface area contributed by atoms with E-state index in [2.05, 4.69) is 17.6 Å². The first kappa shape index (κ1) is 23.8. The van der Waals surface area contributed by atoms with Crippen molar-refractivity contribution < 1.29 is 23.9 Å². The van der Waals surface area contributed by atoms with Crippen molar-refractivity contribution in [2.45, 2.75) is 49.7 Å². The minimum absolute atomic E-state index is 0.0687. The molecule has 0 bridgehead atoms. The highest BCUT2D eigenvalue weighted by Crippen LogP contribution is 2.43. The lowest BCUT2D eigenvalue weighted by atomic mass is 9.86. The average molecular weight is 467 g/mol. The summed E-state index contributed by atoms with van der Waals surface area (Å²) in [5, 5.41) is 5.03. The van der Waals surface area contributed by atoms with Crippen LogP contribution in [-0.4, -0.2) is 48.7 Å². The van der Waals surface area contributed by atoms with Gasteiger partial charge in [0.05, 0.1) is 4.58 Å². The molecule has 7 nitrogen and oxygen atoms in total. The standard InChI is InChI=1S/C22H30N2O5S2/c1-15-5-2-3-6-18(15)23-22(27)24-19(25)13-29-20(26)14-28-17-9-7-16(8-10-17)21-30-11-4-12-31-21/h7-10,15,18,21H,2-6,11-14H2,1H3,(H2,23,24,25,27)/t15-,18-/m0/s1. The van der Waals surface area contributed by atoms with E-state index >= 15 is 0 Å². The second-order valence-corrected chi connectivity index (χ2v) is 10.6. The Morgan fingerprint density at radius 1 is 1.00 bits per heavy atom. The molecule has 2 fully saturated rings. The number of hydrogen-bond acceptors (Lipinski definition) is 7. The number of imide groups is 1. The molecule has 0 unspecified atom stereocenters. The van der Waals surface area contributed by atoms with Crippen LogP contribution in [0.2, 0.25) is 0 Å². The Morgan fingerprint density at radius 3 is 2.42 bits per heavy atom. The van der Waals surface area contributed by atoms with Gasteiger partial charge in [0.25, 0.3) is 5.91 Å². The first-order valence-electron chi connectivity index (χ1n) is 10.7. The van der Waals surface area contributed by atoms with Crippen LogP contribution in [0, 0.1) is 5.92 Å². The van der Waals surface area contributed by atoms with E-state index in [-0.39, 0.29) is 12.6 Å². The number of rotatable bonds is 7. The van der Waals surface area contributed by atoms with Crippen LogP contribution in [0.25, 0.3) is 0 Å². The van der Waals surface area contributed by atoms with Crippen LogP contribution in [0.15, 0.2) is 24.3 Å². The van der Waals surface area contributed by atoms with Crippen molar-refractivity contribution in [2.75, 3.05) is 24.7 Å². The Balaban J connectivity index is 1.32. The van der Waals surface area contributed by atoms with E-state index in [9.17, 15) is 14.4 Å². The molecule has 2 aliphatic rings. The van der Waals surface area contributed by atoms with E-state index in [1.807, 2.05) is 47.8 Å². The number of ether oxygens (including phenoxy) is 2. The van der Waals surface area contributed by atoms with Crippen molar-refractivity contribution >= 4 is 41.4 Å². The fraction of sp³-hybridized carbons (Fsp3) is 0.591. The fourth-order valence-corrected chi connectivity index (χ4v) is 6.52. The maximum absolute atomic E-state index is 12.0. The highest BCUT2D eigenvalue weighted by Gasteiger charge is 2.23. The predicted molar refractivity (Wildman–Crippen MR) is 123 cm³/mol. The molecule has 0 radical (unpaired) electrons. The van der Waals surface area contributed by atoms with Gasteiger partial charge in [0.15, 0.2) is 13.2 Å². The molecule has 1 aliphatic heterocycles. The molecule has 3 amide bonds. The third-order valence-electron chi connectivity index (χ3n) is 5.38. The molecule has 1 aromatic rings. The van der Waals surface area contributed by atoms with Gasteiger partial charge in [-0.05, 0) is 54.4 Å². The first-order chi connectivity index (χ1) is 15.0. The van der Waals surface area contributed by atoms with Gasteiger partial charge >= 0.3 is 12.0 Å². The van der Waals surface area contributed by atoms with Gasteiger partial charge in [-0.15, -0.1) is 23.5 Å². The van der Waals surface area contributed by atoms with E-state index < -0.39 is 24.5 Å². The molecule has 0 spiro atoms. The number of hydrogen-bond donors (Lipinski definition) is 2. The zero-order chi connectivity index (χ0) is 22.1. The van der Waals surface area contributed by atoms with E-state index in [1.165, 1.54) is 29.9 Å². The average Bonchev–Trinajstić information content (AvgIpc) is 2.79. The zero-order valence-corrected chi connectivity index (χ0v) is 19.4. The van der Waals surface area contributed by atoms with Gasteiger partial charge in [0.1, 0.15) is 5.75 Å². The Labute approximate surface area is 191 Å². The van der Waals surface area contributed by atoms with Crippen molar-refractivity contribution in [1.82, 2.24) is 10.6 Å². The molecule has 170 valence electrons. The molecular weight excluding hydrogens is 436 g/mol. The molecule has 0 aromatic heterocycles. The monoisotopic (exact) mass is 466 g/mol. The van der Waals surface area contributed by atoms with Crippen molar-refractivity contribution in [3.8, 4) is 5.75 Å². The van der Waals surface area contributed by atoms with Gasteiger partial charge in [-0.2, -0.15) is 0 Å². The molecule has 1 aromatic carbocycles. The van der Waals surface area contributed by atoms with Gasteiger partial charge in [-0.3, -0.25) is 10.1 Å². The summed E-state index contributed by atoms with van der Waals surface area (Å²) in [6, 6.07) is 7.21. The second-order valence-electron chi connectivity index (χ2n) is 7.84. The number of urea groups is 1. The summed E-state index contributed by atoms with van der Waals surface area (Å²) in [4.78, 5) is 35.6. The molecule has 3 rings (SSSR count). The molecule has 9 heteroatoms. The van der Waals surface area contributed by atoms with Gasteiger partial charge in [0.2, 0.25) is 0 Å². The van der Waals surface area contributed by atoms with Crippen LogP contribution < -0.4 is 15.4 Å². The van der Waals surface area contributed by atoms with E-state index in [4.69, 9.17) is 9.47 Å². The number of amides is 3. The minimum atomic E-state index is -0.668. The van der Waals surface area contributed by atoms with Crippen LogP contribution in [0.3, 0.4) is 0 Å². The summed E-state index contributed by atoms with van der Waals surface area (Å²) in [6.07, 6.45) is 5.46. The van der Waals surface area contributed by atoms with Crippen LogP contribution >= 0.6 is 23.5 Å². The molecule has 1 saturated heterocycles. The smallest absolute Gasteiger partial charge is 0.344 e. The SMILES string of the molecule is C[C@H]1CCCC[C@@H]1NC(=O)NC(=O)COC(=O)COc1ccc(C2SCCCS2)cc1. The van der Waals surface area contributed by atoms with Crippen molar-refractivity contribution in [3.05, 3.63) is 29.8 Å². The summed E-state index contributed by atoms with van der Waals surface area (Å²) in [5.41, 5.74) is 1.24. The van der Waals surface area contributed by atoms with Crippen LogP contribution in [0.1, 0.15) is 49.2 Å². The maximum atomic E-state index is 12.0. The lowest BCUT2D eigenvalue weighted by Gasteiger charge is -2.29. The number of nitrogens with one attached hydrogen (secondary N) is 2. The summed E-state index contributed by atoms with van der Waals surface area (Å²) in [6.45, 7) is 1.27. The van der Waals surface area contributed by atoms with E-state index in [0.29, 0.717) is 16.2 Å². The molecule has 2 atom stereocenters. The Hall–Kier alpha value is -1.87. The maximum Gasteiger partial charge on any atom is 0.344 e. The summed E-state index contributed by atoms with van der Waals surface area (Å²) in [5.74, 6) is 1.98. The highest BCUT2D eigenvalue weighted by atomic mass is 32.2. The minimum Gasteiger partial charge on any atom is -0.482 e. The molecule has 1 aliphatic carbocycles. The molecule has 1 saturated carbocycles. The molecule has 2 N–H and O–H groups in total. The predicted octanol–water partition coefficient (Wildman–Crippen LogP) is 3.88. The number of thioether (sulfide) groups is 2. The largest absolute Gasteiger partial charge is 0.482 e. The first-order valence-corrected chi connectivity index (χ1v) is 12.8. The van der Waals surface area contributed by atoms with Crippen molar-refractivity contribution in [3.63, 3.8) is 0 Å². The highest BCUT2D eigenvalue weighted by molar-refractivity contribution is 8.16. The van der Waals surface area contributed by atoms with Gasteiger partial charge in [-0.1, -0.05) is 31.9 Å². The number of carbonyl (C=O) groups excluding carboxylic acids is 3. The van der Waals surface area contributed by atoms with Crippen LogP contribution in [-0.2, 0) is 14.3 Å². The lowest BCUT2D eigenvalue weighted by molar-refractivity contribution is -0.150. The summed E-state index contributed by atoms with van der Waals surface area (Å²) >= 11 is 3.89. The second kappa shape index (κ2) is 12.2. The normalized spacial score (nSPS) is 21.7. The summed E-state index contributed by atoms with van der Waals surface area (Å²) in [7, 11) is 0. The third-order valence-corrected chi connectivity index (χ3v) is 8.40. The van der Waals surface area contributed by atoms with Gasteiger partial charge in [0, 0.05) is 6.04 Å².